The third-order valence-corrected chi connectivity index (χ3v) is 5.32. The van der Waals surface area contributed by atoms with E-state index >= 15 is 0 Å². The van der Waals surface area contributed by atoms with Crippen molar-refractivity contribution in [3.8, 4) is 11.1 Å². The SMILES string of the molecule is O=C1C[C@@H](OCc2ccc(-c3ccccc3)cc2)C[C@@H]1N1CCOCC1. The summed E-state index contributed by atoms with van der Waals surface area (Å²) in [6.45, 7) is 3.71. The summed E-state index contributed by atoms with van der Waals surface area (Å²) < 4.78 is 11.4. The van der Waals surface area contributed by atoms with Gasteiger partial charge in [0.1, 0.15) is 0 Å². The van der Waals surface area contributed by atoms with E-state index in [1.165, 1.54) is 11.1 Å². The number of benzene rings is 2. The molecular formula is C22H25NO3. The van der Waals surface area contributed by atoms with Crippen molar-refractivity contribution in [2.45, 2.75) is 31.6 Å². The minimum Gasteiger partial charge on any atom is -0.379 e. The fraction of sp³-hybridized carbons (Fsp3) is 0.409. The van der Waals surface area contributed by atoms with E-state index in [1.54, 1.807) is 0 Å². The largest absolute Gasteiger partial charge is 0.379 e. The molecule has 0 unspecified atom stereocenters. The topological polar surface area (TPSA) is 38.8 Å². The summed E-state index contributed by atoms with van der Waals surface area (Å²) in [6, 6.07) is 18.8. The zero-order chi connectivity index (χ0) is 17.8. The first-order valence-corrected chi connectivity index (χ1v) is 9.40. The van der Waals surface area contributed by atoms with Gasteiger partial charge in [0.25, 0.3) is 0 Å². The maximum atomic E-state index is 12.3. The molecule has 2 aliphatic rings. The monoisotopic (exact) mass is 351 g/mol. The van der Waals surface area contributed by atoms with Gasteiger partial charge in [-0.2, -0.15) is 0 Å². The molecule has 2 atom stereocenters. The summed E-state index contributed by atoms with van der Waals surface area (Å²) in [5, 5.41) is 0. The van der Waals surface area contributed by atoms with Crippen LogP contribution in [0.3, 0.4) is 0 Å². The summed E-state index contributed by atoms with van der Waals surface area (Å²) in [6.07, 6.45) is 1.37. The average molecular weight is 351 g/mol. The molecule has 4 heteroatoms. The van der Waals surface area contributed by atoms with Crippen LogP contribution in [0.1, 0.15) is 18.4 Å². The van der Waals surface area contributed by atoms with Crippen LogP contribution >= 0.6 is 0 Å². The van der Waals surface area contributed by atoms with Gasteiger partial charge >= 0.3 is 0 Å². The van der Waals surface area contributed by atoms with E-state index < -0.39 is 0 Å². The third kappa shape index (κ3) is 4.04. The summed E-state index contributed by atoms with van der Waals surface area (Å²) in [5.74, 6) is 0.316. The summed E-state index contributed by atoms with van der Waals surface area (Å²) >= 11 is 0. The molecule has 0 aromatic heterocycles. The number of Topliss-reactive ketones (excluding diaryl/α,β-unsaturated/α-hetero) is 1. The Bertz CT molecular complexity index is 723. The molecule has 1 aliphatic carbocycles. The van der Waals surface area contributed by atoms with Crippen molar-refractivity contribution >= 4 is 5.78 Å². The Morgan fingerprint density at radius 1 is 0.962 bits per heavy atom. The Hall–Kier alpha value is -2.01. The molecule has 1 saturated heterocycles. The molecule has 136 valence electrons. The molecular weight excluding hydrogens is 326 g/mol. The standard InChI is InChI=1S/C22H25NO3/c24-22-15-20(14-21(22)23-10-12-25-13-11-23)26-16-17-6-8-19(9-7-17)18-4-2-1-3-5-18/h1-9,20-21H,10-16H2/t20-,21-/m0/s1. The first-order chi connectivity index (χ1) is 12.8. The van der Waals surface area contributed by atoms with Crippen LogP contribution in [0.4, 0.5) is 0 Å². The molecule has 0 spiro atoms. The number of hydrogen-bond acceptors (Lipinski definition) is 4. The molecule has 2 fully saturated rings. The van der Waals surface area contributed by atoms with Crippen LogP contribution in [-0.2, 0) is 20.9 Å². The van der Waals surface area contributed by atoms with Crippen LogP contribution < -0.4 is 0 Å². The minimum absolute atomic E-state index is 0.0179. The second-order valence-corrected chi connectivity index (χ2v) is 7.07. The lowest BCUT2D eigenvalue weighted by atomic mass is 10.0. The Morgan fingerprint density at radius 2 is 1.65 bits per heavy atom. The van der Waals surface area contributed by atoms with Gasteiger partial charge in [0.2, 0.25) is 0 Å². The third-order valence-electron chi connectivity index (χ3n) is 5.32. The Morgan fingerprint density at radius 3 is 2.38 bits per heavy atom. The number of carbonyl (C=O) groups excluding carboxylic acids is 1. The summed E-state index contributed by atoms with van der Waals surface area (Å²) in [7, 11) is 0. The highest BCUT2D eigenvalue weighted by Gasteiger charge is 2.37. The normalized spacial score (nSPS) is 24.1. The lowest BCUT2D eigenvalue weighted by Crippen LogP contribution is -2.45. The lowest BCUT2D eigenvalue weighted by molar-refractivity contribution is -0.123. The first kappa shape index (κ1) is 17.4. The highest BCUT2D eigenvalue weighted by molar-refractivity contribution is 5.86. The van der Waals surface area contributed by atoms with Gasteiger partial charge in [0.15, 0.2) is 5.78 Å². The first-order valence-electron chi connectivity index (χ1n) is 9.40. The second kappa shape index (κ2) is 8.12. The predicted octanol–water partition coefficient (Wildman–Crippen LogP) is 3.30. The quantitative estimate of drug-likeness (QED) is 0.828. The van der Waals surface area contributed by atoms with Gasteiger partial charge in [-0.1, -0.05) is 54.6 Å². The predicted molar refractivity (Wildman–Crippen MR) is 101 cm³/mol. The van der Waals surface area contributed by atoms with Crippen molar-refractivity contribution in [3.63, 3.8) is 0 Å². The molecule has 4 rings (SSSR count). The fourth-order valence-corrected chi connectivity index (χ4v) is 3.83. The van der Waals surface area contributed by atoms with Crippen LogP contribution in [0.2, 0.25) is 0 Å². The van der Waals surface area contributed by atoms with Crippen molar-refractivity contribution in [1.82, 2.24) is 4.90 Å². The van der Waals surface area contributed by atoms with E-state index in [-0.39, 0.29) is 12.1 Å². The molecule has 1 aliphatic heterocycles. The molecule has 0 N–H and O–H groups in total. The average Bonchev–Trinajstić information content (AvgIpc) is 3.09. The lowest BCUT2D eigenvalue weighted by Gasteiger charge is -2.31. The Balaban J connectivity index is 1.31. The van der Waals surface area contributed by atoms with Gasteiger partial charge in [0, 0.05) is 19.5 Å². The maximum absolute atomic E-state index is 12.3. The fourth-order valence-electron chi connectivity index (χ4n) is 3.83. The van der Waals surface area contributed by atoms with Gasteiger partial charge < -0.3 is 9.47 Å². The van der Waals surface area contributed by atoms with Crippen LogP contribution in [-0.4, -0.2) is 49.1 Å². The van der Waals surface area contributed by atoms with Crippen LogP contribution in [0, 0.1) is 0 Å². The second-order valence-electron chi connectivity index (χ2n) is 7.07. The Labute approximate surface area is 154 Å². The minimum atomic E-state index is 0.0179. The number of morpholine rings is 1. The van der Waals surface area contributed by atoms with Crippen molar-refractivity contribution in [2.75, 3.05) is 26.3 Å². The zero-order valence-electron chi connectivity index (χ0n) is 15.0. The maximum Gasteiger partial charge on any atom is 0.152 e. The molecule has 0 radical (unpaired) electrons. The molecule has 4 nitrogen and oxygen atoms in total. The van der Waals surface area contributed by atoms with Gasteiger partial charge in [0.05, 0.1) is 32.0 Å². The highest BCUT2D eigenvalue weighted by atomic mass is 16.5. The van der Waals surface area contributed by atoms with E-state index in [9.17, 15) is 4.79 Å². The molecule has 0 amide bonds. The number of nitrogens with zero attached hydrogens (tertiary/aromatic N) is 1. The smallest absolute Gasteiger partial charge is 0.152 e. The van der Waals surface area contributed by atoms with Crippen molar-refractivity contribution in [2.24, 2.45) is 0 Å². The van der Waals surface area contributed by atoms with Gasteiger partial charge in [-0.25, -0.2) is 0 Å². The molecule has 1 saturated carbocycles. The molecule has 2 aromatic carbocycles. The number of rotatable bonds is 5. The molecule has 26 heavy (non-hydrogen) atoms. The van der Waals surface area contributed by atoms with Crippen molar-refractivity contribution in [3.05, 3.63) is 60.2 Å². The Kier molecular flexibility index (Phi) is 5.44. The number of ether oxygens (including phenoxy) is 2. The molecule has 2 aromatic rings. The van der Waals surface area contributed by atoms with Crippen LogP contribution in [0.25, 0.3) is 11.1 Å². The molecule has 0 bridgehead atoms. The van der Waals surface area contributed by atoms with E-state index in [2.05, 4.69) is 41.3 Å². The van der Waals surface area contributed by atoms with Crippen LogP contribution in [0.15, 0.2) is 54.6 Å². The van der Waals surface area contributed by atoms with Gasteiger partial charge in [-0.15, -0.1) is 0 Å². The van der Waals surface area contributed by atoms with Crippen LogP contribution in [0.5, 0.6) is 0 Å². The summed E-state index contributed by atoms with van der Waals surface area (Å²) in [4.78, 5) is 14.6. The van der Waals surface area contributed by atoms with Gasteiger partial charge in [-0.05, 0) is 23.1 Å². The number of ketones is 1. The van der Waals surface area contributed by atoms with E-state index in [1.807, 2.05) is 18.2 Å². The molecule has 1 heterocycles. The van der Waals surface area contributed by atoms with Gasteiger partial charge in [-0.3, -0.25) is 9.69 Å². The zero-order valence-corrected chi connectivity index (χ0v) is 15.0. The number of carbonyl (C=O) groups is 1. The van der Waals surface area contributed by atoms with Crippen molar-refractivity contribution in [1.29, 1.82) is 0 Å². The van der Waals surface area contributed by atoms with E-state index in [0.29, 0.717) is 18.8 Å². The van der Waals surface area contributed by atoms with Crippen molar-refractivity contribution < 1.29 is 14.3 Å². The van der Waals surface area contributed by atoms with E-state index in [4.69, 9.17) is 9.47 Å². The highest BCUT2D eigenvalue weighted by Crippen LogP contribution is 2.26. The van der Waals surface area contributed by atoms with E-state index in [0.717, 1.165) is 38.3 Å². The summed E-state index contributed by atoms with van der Waals surface area (Å²) in [5.41, 5.74) is 3.57. The number of hydrogen-bond donors (Lipinski definition) is 0.